The van der Waals surface area contributed by atoms with Gasteiger partial charge in [0.05, 0.1) is 12.5 Å². The van der Waals surface area contributed by atoms with Crippen LogP contribution in [0.25, 0.3) is 0 Å². The lowest BCUT2D eigenvalue weighted by Crippen LogP contribution is -2.34. The van der Waals surface area contributed by atoms with E-state index in [1.807, 2.05) is 41.8 Å². The lowest BCUT2D eigenvalue weighted by molar-refractivity contribution is -0.116. The highest BCUT2D eigenvalue weighted by Crippen LogP contribution is 2.23. The molecule has 0 radical (unpaired) electrons. The minimum absolute atomic E-state index is 0.126. The highest BCUT2D eigenvalue weighted by Gasteiger charge is 2.18. The van der Waals surface area contributed by atoms with Gasteiger partial charge in [-0.05, 0) is 49.6 Å². The zero-order valence-electron chi connectivity index (χ0n) is 14.5. The summed E-state index contributed by atoms with van der Waals surface area (Å²) in [5, 5.41) is 7.38. The molecule has 25 heavy (non-hydrogen) atoms. The molecule has 1 aromatic heterocycles. The van der Waals surface area contributed by atoms with Crippen molar-refractivity contribution in [3.63, 3.8) is 0 Å². The molecule has 1 unspecified atom stereocenters. The first-order chi connectivity index (χ1) is 12.0. The first-order valence-electron chi connectivity index (χ1n) is 8.27. The molecule has 0 saturated heterocycles. The number of hydrogen-bond acceptors (Lipinski definition) is 4. The van der Waals surface area contributed by atoms with E-state index in [9.17, 15) is 9.59 Å². The molecule has 0 aliphatic carbocycles. The van der Waals surface area contributed by atoms with E-state index < -0.39 is 12.1 Å². The fraction of sp³-hybridized carbons (Fsp3) is 0.333. The van der Waals surface area contributed by atoms with Crippen LogP contribution in [-0.2, 0) is 4.79 Å². The smallest absolute Gasteiger partial charge is 0.312 e. The molecular formula is C18H24N4O2S. The lowest BCUT2D eigenvalue weighted by atomic mass is 10.1. The van der Waals surface area contributed by atoms with E-state index in [-0.39, 0.29) is 12.3 Å². The van der Waals surface area contributed by atoms with Crippen LogP contribution >= 0.6 is 11.3 Å². The number of urea groups is 1. The molecule has 0 fully saturated rings. The SMILES string of the molecule is CCN(CC)c1ccc(NC(=O)CC(NC(N)=O)c2cccs2)cc1. The summed E-state index contributed by atoms with van der Waals surface area (Å²) in [6.45, 7) is 6.08. The number of rotatable bonds is 8. The van der Waals surface area contributed by atoms with Crippen LogP contribution in [0.4, 0.5) is 16.2 Å². The summed E-state index contributed by atoms with van der Waals surface area (Å²) in [6, 6.07) is 10.4. The number of nitrogens with zero attached hydrogens (tertiary/aromatic N) is 1. The highest BCUT2D eigenvalue weighted by atomic mass is 32.1. The van der Waals surface area contributed by atoms with Crippen molar-refractivity contribution in [2.45, 2.75) is 26.3 Å². The number of carbonyl (C=O) groups is 2. The molecule has 7 heteroatoms. The Kier molecular flexibility index (Phi) is 6.82. The van der Waals surface area contributed by atoms with E-state index in [0.717, 1.165) is 29.3 Å². The minimum atomic E-state index is -0.644. The molecule has 2 rings (SSSR count). The summed E-state index contributed by atoms with van der Waals surface area (Å²) in [5.41, 5.74) is 7.06. The maximum absolute atomic E-state index is 12.3. The van der Waals surface area contributed by atoms with Crippen LogP contribution in [0.3, 0.4) is 0 Å². The number of carbonyl (C=O) groups excluding carboxylic acids is 2. The van der Waals surface area contributed by atoms with E-state index in [0.29, 0.717) is 0 Å². The molecule has 4 N–H and O–H groups in total. The largest absolute Gasteiger partial charge is 0.372 e. The van der Waals surface area contributed by atoms with Crippen LogP contribution in [0.2, 0.25) is 0 Å². The molecule has 0 bridgehead atoms. The van der Waals surface area contributed by atoms with Crippen molar-refractivity contribution in [3.05, 3.63) is 46.7 Å². The third-order valence-corrected chi connectivity index (χ3v) is 4.86. The quantitative estimate of drug-likeness (QED) is 0.675. The number of primary amides is 1. The van der Waals surface area contributed by atoms with Gasteiger partial charge in [0.1, 0.15) is 0 Å². The standard InChI is InChI=1S/C18H24N4O2S/c1-3-22(4-2)14-9-7-13(8-10-14)20-17(23)12-15(21-18(19)24)16-6-5-11-25-16/h5-11,15H,3-4,12H2,1-2H3,(H,20,23)(H3,19,21,24). The van der Waals surface area contributed by atoms with E-state index in [1.54, 1.807) is 0 Å². The van der Waals surface area contributed by atoms with Gasteiger partial charge in [0.15, 0.2) is 0 Å². The molecule has 1 atom stereocenters. The maximum Gasteiger partial charge on any atom is 0.312 e. The third-order valence-electron chi connectivity index (χ3n) is 3.87. The van der Waals surface area contributed by atoms with Crippen molar-refractivity contribution in [1.29, 1.82) is 0 Å². The molecule has 1 heterocycles. The van der Waals surface area contributed by atoms with Gasteiger partial charge in [-0.25, -0.2) is 4.79 Å². The summed E-state index contributed by atoms with van der Waals surface area (Å²) >= 11 is 1.48. The molecule has 0 aliphatic rings. The number of anilines is 2. The molecule has 3 amide bonds. The predicted molar refractivity (Wildman–Crippen MR) is 103 cm³/mol. The molecule has 2 aromatic rings. The summed E-state index contributed by atoms with van der Waals surface area (Å²) in [5.74, 6) is -0.178. The van der Waals surface area contributed by atoms with Crippen molar-refractivity contribution in [1.82, 2.24) is 5.32 Å². The highest BCUT2D eigenvalue weighted by molar-refractivity contribution is 7.10. The lowest BCUT2D eigenvalue weighted by Gasteiger charge is -2.21. The summed E-state index contributed by atoms with van der Waals surface area (Å²) in [4.78, 5) is 26.6. The Balaban J connectivity index is 1.99. The van der Waals surface area contributed by atoms with Crippen molar-refractivity contribution < 1.29 is 9.59 Å². The van der Waals surface area contributed by atoms with Gasteiger partial charge in [-0.3, -0.25) is 4.79 Å². The predicted octanol–water partition coefficient (Wildman–Crippen LogP) is 3.33. The summed E-state index contributed by atoms with van der Waals surface area (Å²) in [6.07, 6.45) is 0.126. The average molecular weight is 360 g/mol. The topological polar surface area (TPSA) is 87.5 Å². The zero-order chi connectivity index (χ0) is 18.2. The minimum Gasteiger partial charge on any atom is -0.372 e. The number of nitrogens with one attached hydrogen (secondary N) is 2. The average Bonchev–Trinajstić information content (AvgIpc) is 3.11. The van der Waals surface area contributed by atoms with Crippen LogP contribution < -0.4 is 21.3 Å². The van der Waals surface area contributed by atoms with Gasteiger partial charge < -0.3 is 21.3 Å². The summed E-state index contributed by atoms with van der Waals surface area (Å²) in [7, 11) is 0. The number of benzene rings is 1. The first kappa shape index (κ1) is 18.8. The van der Waals surface area contributed by atoms with Gasteiger partial charge in [-0.2, -0.15) is 0 Å². The Morgan fingerprint density at radius 1 is 1.16 bits per heavy atom. The van der Waals surface area contributed by atoms with Crippen molar-refractivity contribution in [3.8, 4) is 0 Å². The normalized spacial score (nSPS) is 11.6. The van der Waals surface area contributed by atoms with Gasteiger partial charge in [0.25, 0.3) is 0 Å². The zero-order valence-corrected chi connectivity index (χ0v) is 15.3. The number of nitrogens with two attached hydrogens (primary N) is 1. The van der Waals surface area contributed by atoms with Crippen molar-refractivity contribution >= 4 is 34.6 Å². The second kappa shape index (κ2) is 9.08. The number of thiophene rings is 1. The van der Waals surface area contributed by atoms with E-state index in [2.05, 4.69) is 29.4 Å². The van der Waals surface area contributed by atoms with Crippen LogP contribution in [0, 0.1) is 0 Å². The molecule has 0 aliphatic heterocycles. The Bertz CT molecular complexity index is 682. The van der Waals surface area contributed by atoms with E-state index in [4.69, 9.17) is 5.73 Å². The molecular weight excluding hydrogens is 336 g/mol. The Morgan fingerprint density at radius 3 is 2.36 bits per heavy atom. The van der Waals surface area contributed by atoms with Crippen molar-refractivity contribution in [2.24, 2.45) is 5.73 Å². The maximum atomic E-state index is 12.3. The van der Waals surface area contributed by atoms with Gasteiger partial charge in [0, 0.05) is 29.3 Å². The third kappa shape index (κ3) is 5.49. The Morgan fingerprint density at radius 2 is 1.84 bits per heavy atom. The van der Waals surface area contributed by atoms with Gasteiger partial charge in [-0.1, -0.05) is 6.07 Å². The van der Waals surface area contributed by atoms with Crippen molar-refractivity contribution in [2.75, 3.05) is 23.3 Å². The number of amides is 3. The van der Waals surface area contributed by atoms with Gasteiger partial charge >= 0.3 is 6.03 Å². The molecule has 1 aromatic carbocycles. The molecule has 0 spiro atoms. The van der Waals surface area contributed by atoms with Crippen LogP contribution in [0.5, 0.6) is 0 Å². The van der Waals surface area contributed by atoms with E-state index in [1.165, 1.54) is 11.3 Å². The van der Waals surface area contributed by atoms with Crippen LogP contribution in [0.15, 0.2) is 41.8 Å². The molecule has 6 nitrogen and oxygen atoms in total. The fourth-order valence-electron chi connectivity index (χ4n) is 2.63. The Labute approximate surface area is 152 Å². The first-order valence-corrected chi connectivity index (χ1v) is 9.15. The van der Waals surface area contributed by atoms with E-state index >= 15 is 0 Å². The second-order valence-corrected chi connectivity index (χ2v) is 6.53. The van der Waals surface area contributed by atoms with Gasteiger partial charge in [-0.15, -0.1) is 11.3 Å². The molecule has 0 saturated carbocycles. The summed E-state index contributed by atoms with van der Waals surface area (Å²) < 4.78 is 0. The second-order valence-electron chi connectivity index (χ2n) is 5.55. The van der Waals surface area contributed by atoms with Crippen LogP contribution in [-0.4, -0.2) is 25.0 Å². The monoisotopic (exact) mass is 360 g/mol. The van der Waals surface area contributed by atoms with Crippen LogP contribution in [0.1, 0.15) is 31.2 Å². The molecule has 134 valence electrons. The van der Waals surface area contributed by atoms with Gasteiger partial charge in [0.2, 0.25) is 5.91 Å². The fourth-order valence-corrected chi connectivity index (χ4v) is 3.40. The Hall–Kier alpha value is -2.54. The number of hydrogen-bond donors (Lipinski definition) is 3.